The van der Waals surface area contributed by atoms with Crippen molar-refractivity contribution in [2.24, 2.45) is 0 Å². The third-order valence-corrected chi connectivity index (χ3v) is 4.61. The van der Waals surface area contributed by atoms with E-state index in [-0.39, 0.29) is 23.6 Å². The molecular formula is C14H13F2N3O4S. The van der Waals surface area contributed by atoms with Gasteiger partial charge in [0.25, 0.3) is 11.8 Å². The van der Waals surface area contributed by atoms with Crippen LogP contribution in [0.15, 0.2) is 18.3 Å². The highest BCUT2D eigenvalue weighted by Crippen LogP contribution is 2.52. The van der Waals surface area contributed by atoms with E-state index in [0.717, 1.165) is 16.0 Å². The van der Waals surface area contributed by atoms with Crippen LogP contribution < -0.4 is 5.32 Å². The number of aromatic carboxylic acids is 1. The first kappa shape index (κ1) is 16.5. The summed E-state index contributed by atoms with van der Waals surface area (Å²) in [6, 6.07) is 1.71. The molecule has 1 unspecified atom stereocenters. The Morgan fingerprint density at radius 2 is 2.29 bits per heavy atom. The quantitative estimate of drug-likeness (QED) is 0.829. The zero-order valence-corrected chi connectivity index (χ0v) is 13.3. The molecule has 10 heteroatoms. The van der Waals surface area contributed by atoms with Gasteiger partial charge in [0.1, 0.15) is 16.6 Å². The second-order valence-electron chi connectivity index (χ2n) is 5.30. The Labute approximate surface area is 138 Å². The number of amides is 1. The number of thiophene rings is 1. The van der Waals surface area contributed by atoms with E-state index < -0.39 is 23.8 Å². The highest BCUT2D eigenvalue weighted by molar-refractivity contribution is 7.18. The van der Waals surface area contributed by atoms with E-state index >= 15 is 0 Å². The van der Waals surface area contributed by atoms with Crippen LogP contribution in [0.5, 0.6) is 0 Å². The van der Waals surface area contributed by atoms with Crippen molar-refractivity contribution in [3.05, 3.63) is 34.5 Å². The lowest BCUT2D eigenvalue weighted by molar-refractivity contribution is 0.0697. The second-order valence-corrected chi connectivity index (χ2v) is 6.35. The van der Waals surface area contributed by atoms with Gasteiger partial charge < -0.3 is 15.2 Å². The zero-order valence-electron chi connectivity index (χ0n) is 12.5. The SMILES string of the molecule is COCc1cc(NC(=O)c2ccnn2C2CC2(F)F)sc1C(=O)O. The summed E-state index contributed by atoms with van der Waals surface area (Å²) in [4.78, 5) is 23.5. The first-order valence-electron chi connectivity index (χ1n) is 6.91. The van der Waals surface area contributed by atoms with Gasteiger partial charge in [-0.1, -0.05) is 0 Å². The molecule has 0 spiro atoms. The van der Waals surface area contributed by atoms with Gasteiger partial charge in [-0.3, -0.25) is 9.48 Å². The summed E-state index contributed by atoms with van der Waals surface area (Å²) in [6.45, 7) is 0.0836. The van der Waals surface area contributed by atoms with Crippen molar-refractivity contribution in [3.63, 3.8) is 0 Å². The van der Waals surface area contributed by atoms with Crippen molar-refractivity contribution < 1.29 is 28.2 Å². The van der Waals surface area contributed by atoms with Gasteiger partial charge in [-0.05, 0) is 12.1 Å². The van der Waals surface area contributed by atoms with Gasteiger partial charge in [0.2, 0.25) is 0 Å². The summed E-state index contributed by atoms with van der Waals surface area (Å²) >= 11 is 0.874. The average Bonchev–Trinajstić information content (AvgIpc) is 2.90. The number of halogens is 2. The number of ether oxygens (including phenoxy) is 1. The van der Waals surface area contributed by atoms with Crippen molar-refractivity contribution >= 4 is 28.2 Å². The molecule has 1 aliphatic carbocycles. The lowest BCUT2D eigenvalue weighted by Crippen LogP contribution is -2.18. The molecule has 1 saturated carbocycles. The molecule has 0 aliphatic heterocycles. The fourth-order valence-corrected chi connectivity index (χ4v) is 3.22. The van der Waals surface area contributed by atoms with Crippen molar-refractivity contribution in [1.29, 1.82) is 0 Å². The molecule has 1 fully saturated rings. The Kier molecular flexibility index (Phi) is 4.10. The number of methoxy groups -OCH3 is 1. The molecule has 3 rings (SSSR count). The topological polar surface area (TPSA) is 93.5 Å². The first-order chi connectivity index (χ1) is 11.3. The van der Waals surface area contributed by atoms with E-state index in [4.69, 9.17) is 9.84 Å². The molecule has 2 aromatic heterocycles. The van der Waals surface area contributed by atoms with Gasteiger partial charge in [-0.25, -0.2) is 13.6 Å². The summed E-state index contributed by atoms with van der Waals surface area (Å²) in [5.41, 5.74) is 0.420. The molecule has 0 saturated heterocycles. The Morgan fingerprint density at radius 1 is 1.58 bits per heavy atom. The number of nitrogens with zero attached hydrogens (tertiary/aromatic N) is 2. The summed E-state index contributed by atoms with van der Waals surface area (Å²) < 4.78 is 32.3. The van der Waals surface area contributed by atoms with Gasteiger partial charge in [0, 0.05) is 25.3 Å². The number of alkyl halides is 2. The first-order valence-corrected chi connectivity index (χ1v) is 7.72. The van der Waals surface area contributed by atoms with E-state index in [1.54, 1.807) is 0 Å². The number of nitrogens with one attached hydrogen (secondary N) is 1. The second kappa shape index (κ2) is 5.95. The summed E-state index contributed by atoms with van der Waals surface area (Å²) in [5, 5.41) is 15.7. The molecule has 2 N–H and O–H groups in total. The maximum atomic E-state index is 13.2. The molecule has 0 bridgehead atoms. The molecule has 2 heterocycles. The number of carboxylic acid groups (broad SMARTS) is 1. The zero-order chi connectivity index (χ0) is 17.5. The highest BCUT2D eigenvalue weighted by atomic mass is 32.1. The number of rotatable bonds is 6. The van der Waals surface area contributed by atoms with Crippen LogP contribution in [0.1, 0.15) is 38.2 Å². The Morgan fingerprint density at radius 3 is 2.88 bits per heavy atom. The van der Waals surface area contributed by atoms with Crippen LogP contribution in [0.4, 0.5) is 13.8 Å². The molecule has 0 radical (unpaired) electrons. The summed E-state index contributed by atoms with van der Waals surface area (Å²) in [5.74, 6) is -4.61. The molecule has 1 amide bonds. The van der Waals surface area contributed by atoms with Crippen LogP contribution in [0.3, 0.4) is 0 Å². The third kappa shape index (κ3) is 3.02. The lowest BCUT2D eigenvalue weighted by atomic mass is 10.2. The minimum absolute atomic E-state index is 0.00394. The van der Waals surface area contributed by atoms with Crippen molar-refractivity contribution in [1.82, 2.24) is 9.78 Å². The standard InChI is InChI=1S/C14H13F2N3O4S/c1-23-6-7-4-10(24-11(7)13(21)22)18-12(20)8-2-3-17-19(8)9-5-14(9,15)16/h2-4,9H,5-6H2,1H3,(H,18,20)(H,21,22). The average molecular weight is 357 g/mol. The van der Waals surface area contributed by atoms with Crippen molar-refractivity contribution in [3.8, 4) is 0 Å². The number of carboxylic acids is 1. The van der Waals surface area contributed by atoms with E-state index in [1.165, 1.54) is 25.4 Å². The molecular weight excluding hydrogens is 344 g/mol. The minimum atomic E-state index is -2.86. The van der Waals surface area contributed by atoms with Gasteiger partial charge in [0.15, 0.2) is 0 Å². The van der Waals surface area contributed by atoms with Gasteiger partial charge in [0.05, 0.1) is 11.6 Å². The van der Waals surface area contributed by atoms with Gasteiger partial charge in [-0.2, -0.15) is 5.10 Å². The number of aromatic nitrogens is 2. The normalized spacial score (nSPS) is 18.4. The number of carbonyl (C=O) groups excluding carboxylic acids is 1. The Hall–Kier alpha value is -2.33. The third-order valence-electron chi connectivity index (χ3n) is 3.53. The Bertz CT molecular complexity index is 802. The van der Waals surface area contributed by atoms with Crippen LogP contribution >= 0.6 is 11.3 Å². The summed E-state index contributed by atoms with van der Waals surface area (Å²) in [6.07, 6.45) is 0.922. The maximum absolute atomic E-state index is 13.2. The number of anilines is 1. The number of carbonyl (C=O) groups is 2. The monoisotopic (exact) mass is 357 g/mol. The van der Waals surface area contributed by atoms with Crippen LogP contribution in [0, 0.1) is 0 Å². The lowest BCUT2D eigenvalue weighted by Gasteiger charge is -2.06. The smallest absolute Gasteiger partial charge is 0.346 e. The molecule has 7 nitrogen and oxygen atoms in total. The number of hydrogen-bond donors (Lipinski definition) is 2. The predicted molar refractivity (Wildman–Crippen MR) is 80.8 cm³/mol. The van der Waals surface area contributed by atoms with E-state index in [1.807, 2.05) is 0 Å². The molecule has 0 aromatic carbocycles. The molecule has 2 aromatic rings. The number of hydrogen-bond acceptors (Lipinski definition) is 5. The van der Waals surface area contributed by atoms with E-state index in [9.17, 15) is 18.4 Å². The van der Waals surface area contributed by atoms with Gasteiger partial charge >= 0.3 is 5.97 Å². The maximum Gasteiger partial charge on any atom is 0.346 e. The molecule has 1 atom stereocenters. The fourth-order valence-electron chi connectivity index (χ4n) is 2.32. The fraction of sp³-hybridized carbons (Fsp3) is 0.357. The minimum Gasteiger partial charge on any atom is -0.477 e. The Balaban J connectivity index is 1.80. The van der Waals surface area contributed by atoms with Crippen molar-refractivity contribution in [2.45, 2.75) is 25.0 Å². The summed E-state index contributed by atoms with van der Waals surface area (Å²) in [7, 11) is 1.43. The van der Waals surface area contributed by atoms with E-state index in [2.05, 4.69) is 10.4 Å². The predicted octanol–water partition coefficient (Wildman–Crippen LogP) is 2.62. The van der Waals surface area contributed by atoms with Crippen LogP contribution in [-0.4, -0.2) is 39.8 Å². The van der Waals surface area contributed by atoms with Crippen LogP contribution in [-0.2, 0) is 11.3 Å². The van der Waals surface area contributed by atoms with Crippen molar-refractivity contribution in [2.75, 3.05) is 12.4 Å². The largest absolute Gasteiger partial charge is 0.477 e. The van der Waals surface area contributed by atoms with Gasteiger partial charge in [-0.15, -0.1) is 11.3 Å². The van der Waals surface area contributed by atoms with Crippen LogP contribution in [0.25, 0.3) is 0 Å². The van der Waals surface area contributed by atoms with E-state index in [0.29, 0.717) is 10.6 Å². The molecule has 1 aliphatic rings. The molecule has 128 valence electrons. The molecule has 24 heavy (non-hydrogen) atoms. The highest BCUT2D eigenvalue weighted by Gasteiger charge is 2.59. The van der Waals surface area contributed by atoms with Crippen LogP contribution in [0.2, 0.25) is 0 Å².